The maximum Gasteiger partial charge on any atom is 0.338 e. The van der Waals surface area contributed by atoms with Crippen molar-refractivity contribution in [2.45, 2.75) is 26.7 Å². The van der Waals surface area contributed by atoms with Crippen molar-refractivity contribution in [3.05, 3.63) is 106 Å². The van der Waals surface area contributed by atoms with E-state index >= 15 is 0 Å². The zero-order valence-corrected chi connectivity index (χ0v) is 19.8. The molecule has 7 nitrogen and oxygen atoms in total. The minimum Gasteiger partial charge on any atom is -0.460 e. The molecule has 0 saturated heterocycles. The molecule has 0 aliphatic rings. The van der Waals surface area contributed by atoms with Crippen LogP contribution in [-0.4, -0.2) is 34.6 Å². The van der Waals surface area contributed by atoms with Crippen molar-refractivity contribution in [2.75, 3.05) is 13.2 Å². The van der Waals surface area contributed by atoms with Crippen LogP contribution in [-0.2, 0) is 16.0 Å². The highest BCUT2D eigenvalue weighted by atomic mass is 16.5. The molecule has 0 atom stereocenters. The highest BCUT2D eigenvalue weighted by molar-refractivity contribution is 5.89. The molecule has 1 aromatic heterocycles. The SMILES string of the molecule is Cc1ccc(CCC(=O)NCCOC(=O)c2ccc(-n3c(C)nc4ccccc4c3=O)cc2)cc1. The van der Waals surface area contributed by atoms with Crippen molar-refractivity contribution in [2.24, 2.45) is 0 Å². The van der Waals surface area contributed by atoms with Gasteiger partial charge in [0.2, 0.25) is 5.91 Å². The number of para-hydroxylation sites is 1. The number of carbonyl (C=O) groups is 2. The third-order valence-electron chi connectivity index (χ3n) is 5.72. The highest BCUT2D eigenvalue weighted by Gasteiger charge is 2.12. The number of aryl methyl sites for hydroxylation is 3. The van der Waals surface area contributed by atoms with E-state index in [1.54, 1.807) is 49.4 Å². The Morgan fingerprint density at radius 1 is 0.943 bits per heavy atom. The maximum absolute atomic E-state index is 12.9. The first-order valence-electron chi connectivity index (χ1n) is 11.5. The summed E-state index contributed by atoms with van der Waals surface area (Å²) in [4.78, 5) is 41.8. The molecule has 0 fully saturated rings. The van der Waals surface area contributed by atoms with Crippen LogP contribution in [0.2, 0.25) is 0 Å². The number of nitrogens with zero attached hydrogens (tertiary/aromatic N) is 2. The Morgan fingerprint density at radius 3 is 2.40 bits per heavy atom. The van der Waals surface area contributed by atoms with E-state index in [1.807, 2.05) is 37.3 Å². The van der Waals surface area contributed by atoms with Gasteiger partial charge in [-0.05, 0) is 62.2 Å². The van der Waals surface area contributed by atoms with Crippen molar-refractivity contribution in [1.29, 1.82) is 0 Å². The minimum absolute atomic E-state index is 0.0734. The molecule has 4 rings (SSSR count). The Labute approximate surface area is 203 Å². The number of ether oxygens (including phenoxy) is 1. The van der Waals surface area contributed by atoms with E-state index in [0.717, 1.165) is 5.56 Å². The van der Waals surface area contributed by atoms with Crippen LogP contribution < -0.4 is 10.9 Å². The molecule has 1 N–H and O–H groups in total. The Kier molecular flexibility index (Phi) is 7.35. The van der Waals surface area contributed by atoms with Crippen LogP contribution in [0.4, 0.5) is 0 Å². The lowest BCUT2D eigenvalue weighted by molar-refractivity contribution is -0.121. The zero-order chi connectivity index (χ0) is 24.8. The topological polar surface area (TPSA) is 90.3 Å². The molecule has 7 heteroatoms. The summed E-state index contributed by atoms with van der Waals surface area (Å²) in [5.41, 5.74) is 3.75. The van der Waals surface area contributed by atoms with Crippen LogP contribution in [0.5, 0.6) is 0 Å². The first-order valence-corrected chi connectivity index (χ1v) is 11.5. The van der Waals surface area contributed by atoms with Crippen LogP contribution in [0.1, 0.15) is 33.7 Å². The summed E-state index contributed by atoms with van der Waals surface area (Å²) in [6, 6.07) is 21.9. The van der Waals surface area contributed by atoms with Gasteiger partial charge >= 0.3 is 5.97 Å². The molecule has 4 aromatic rings. The van der Waals surface area contributed by atoms with E-state index in [0.29, 0.717) is 40.8 Å². The Balaban J connectivity index is 1.29. The predicted octanol–water partition coefficient (Wildman–Crippen LogP) is 3.91. The van der Waals surface area contributed by atoms with E-state index in [2.05, 4.69) is 10.3 Å². The second-order valence-electron chi connectivity index (χ2n) is 8.34. The number of esters is 1. The van der Waals surface area contributed by atoms with Gasteiger partial charge in [-0.3, -0.25) is 14.2 Å². The number of benzene rings is 3. The van der Waals surface area contributed by atoms with Gasteiger partial charge in [-0.25, -0.2) is 9.78 Å². The van der Waals surface area contributed by atoms with E-state index in [9.17, 15) is 14.4 Å². The molecule has 0 saturated carbocycles. The first kappa shape index (κ1) is 23.9. The van der Waals surface area contributed by atoms with Gasteiger partial charge in [-0.1, -0.05) is 42.0 Å². The number of carbonyl (C=O) groups excluding carboxylic acids is 2. The number of hydrogen-bond donors (Lipinski definition) is 1. The fourth-order valence-electron chi connectivity index (χ4n) is 3.81. The first-order chi connectivity index (χ1) is 16.9. The summed E-state index contributed by atoms with van der Waals surface area (Å²) in [5, 5.41) is 3.30. The molecule has 3 aromatic carbocycles. The van der Waals surface area contributed by atoms with Crippen LogP contribution >= 0.6 is 0 Å². The van der Waals surface area contributed by atoms with Gasteiger partial charge in [-0.15, -0.1) is 0 Å². The van der Waals surface area contributed by atoms with Gasteiger partial charge in [0.1, 0.15) is 12.4 Å². The van der Waals surface area contributed by atoms with Crippen LogP contribution in [0.3, 0.4) is 0 Å². The van der Waals surface area contributed by atoms with Gasteiger partial charge in [0.25, 0.3) is 5.56 Å². The second-order valence-corrected chi connectivity index (χ2v) is 8.34. The van der Waals surface area contributed by atoms with E-state index in [1.165, 1.54) is 10.1 Å². The number of amides is 1. The number of nitrogens with one attached hydrogen (secondary N) is 1. The van der Waals surface area contributed by atoms with Crippen molar-refractivity contribution in [1.82, 2.24) is 14.9 Å². The summed E-state index contributed by atoms with van der Waals surface area (Å²) >= 11 is 0. The molecule has 0 aliphatic heterocycles. The second kappa shape index (κ2) is 10.8. The Bertz CT molecular complexity index is 1410. The Hall–Kier alpha value is -4.26. The number of aromatic nitrogens is 2. The minimum atomic E-state index is -0.494. The Morgan fingerprint density at radius 2 is 1.66 bits per heavy atom. The fraction of sp³-hybridized carbons (Fsp3) is 0.214. The third kappa shape index (κ3) is 5.81. The normalized spacial score (nSPS) is 10.8. The van der Waals surface area contributed by atoms with Gasteiger partial charge in [-0.2, -0.15) is 0 Å². The molecular formula is C28H27N3O4. The molecule has 0 radical (unpaired) electrons. The zero-order valence-electron chi connectivity index (χ0n) is 19.8. The molecule has 178 valence electrons. The standard InChI is InChI=1S/C28H27N3O4/c1-19-7-9-21(10-8-19)11-16-26(32)29-17-18-35-28(34)22-12-14-23(15-13-22)31-20(2)30-25-6-4-3-5-24(25)27(31)33/h3-10,12-15H,11,16-18H2,1-2H3,(H,29,32). The van der Waals surface area contributed by atoms with Crippen molar-refractivity contribution in [3.8, 4) is 5.69 Å². The van der Waals surface area contributed by atoms with Gasteiger partial charge < -0.3 is 10.1 Å². The summed E-state index contributed by atoms with van der Waals surface area (Å²) in [6.45, 7) is 4.11. The predicted molar refractivity (Wildman–Crippen MR) is 135 cm³/mol. The lowest BCUT2D eigenvalue weighted by Crippen LogP contribution is -2.28. The van der Waals surface area contributed by atoms with Crippen molar-refractivity contribution in [3.63, 3.8) is 0 Å². The molecular weight excluding hydrogens is 442 g/mol. The monoisotopic (exact) mass is 469 g/mol. The molecule has 0 aliphatic carbocycles. The molecule has 0 spiro atoms. The highest BCUT2D eigenvalue weighted by Crippen LogP contribution is 2.14. The van der Waals surface area contributed by atoms with Gasteiger partial charge in [0, 0.05) is 6.42 Å². The smallest absolute Gasteiger partial charge is 0.338 e. The molecule has 35 heavy (non-hydrogen) atoms. The average molecular weight is 470 g/mol. The van der Waals surface area contributed by atoms with E-state index in [4.69, 9.17) is 4.74 Å². The summed E-state index contributed by atoms with van der Waals surface area (Å²) in [5.74, 6) is -0.0240. The van der Waals surface area contributed by atoms with Crippen molar-refractivity contribution >= 4 is 22.8 Å². The maximum atomic E-state index is 12.9. The van der Waals surface area contributed by atoms with Gasteiger partial charge in [0.15, 0.2) is 0 Å². The summed E-state index contributed by atoms with van der Waals surface area (Å²) in [6.07, 6.45) is 1.04. The molecule has 1 amide bonds. The largest absolute Gasteiger partial charge is 0.460 e. The quantitative estimate of drug-likeness (QED) is 0.312. The number of fused-ring (bicyclic) bond motifs is 1. The molecule has 0 unspecified atom stereocenters. The lowest BCUT2D eigenvalue weighted by atomic mass is 10.1. The summed E-state index contributed by atoms with van der Waals surface area (Å²) < 4.78 is 6.79. The summed E-state index contributed by atoms with van der Waals surface area (Å²) in [7, 11) is 0. The van der Waals surface area contributed by atoms with E-state index in [-0.39, 0.29) is 24.6 Å². The molecule has 0 bridgehead atoms. The third-order valence-corrected chi connectivity index (χ3v) is 5.72. The van der Waals surface area contributed by atoms with Gasteiger partial charge in [0.05, 0.1) is 28.7 Å². The average Bonchev–Trinajstić information content (AvgIpc) is 2.86. The number of rotatable bonds is 8. The lowest BCUT2D eigenvalue weighted by Gasteiger charge is -2.11. The van der Waals surface area contributed by atoms with E-state index < -0.39 is 5.97 Å². The van der Waals surface area contributed by atoms with Crippen LogP contribution in [0.15, 0.2) is 77.6 Å². The fourth-order valence-corrected chi connectivity index (χ4v) is 3.81. The molecule has 1 heterocycles. The number of hydrogen-bond acceptors (Lipinski definition) is 5. The van der Waals surface area contributed by atoms with Crippen molar-refractivity contribution < 1.29 is 14.3 Å². The van der Waals surface area contributed by atoms with Crippen LogP contribution in [0.25, 0.3) is 16.6 Å². The van der Waals surface area contributed by atoms with Crippen LogP contribution in [0, 0.1) is 13.8 Å².